The van der Waals surface area contributed by atoms with Crippen LogP contribution in [0.5, 0.6) is 0 Å². The SMILES string of the molecule is CCCCCNC(C)c1ccn[nH]1. The first-order valence-electron chi connectivity index (χ1n) is 5.07. The molecule has 1 aromatic rings. The third-order valence-corrected chi connectivity index (χ3v) is 2.22. The molecule has 74 valence electrons. The Morgan fingerprint density at radius 3 is 3.00 bits per heavy atom. The van der Waals surface area contributed by atoms with Crippen LogP contribution in [0, 0.1) is 0 Å². The van der Waals surface area contributed by atoms with Gasteiger partial charge in [-0.2, -0.15) is 5.10 Å². The zero-order valence-electron chi connectivity index (χ0n) is 8.51. The van der Waals surface area contributed by atoms with E-state index >= 15 is 0 Å². The number of aromatic nitrogens is 2. The number of nitrogens with zero attached hydrogens (tertiary/aromatic N) is 1. The molecule has 0 saturated heterocycles. The molecule has 0 aromatic carbocycles. The maximum Gasteiger partial charge on any atom is 0.0518 e. The maximum atomic E-state index is 3.92. The monoisotopic (exact) mass is 181 g/mol. The van der Waals surface area contributed by atoms with Gasteiger partial charge >= 0.3 is 0 Å². The van der Waals surface area contributed by atoms with Gasteiger partial charge in [-0.05, 0) is 26.0 Å². The number of hydrogen-bond acceptors (Lipinski definition) is 2. The third-order valence-electron chi connectivity index (χ3n) is 2.22. The molecular formula is C10H19N3. The fraction of sp³-hybridized carbons (Fsp3) is 0.700. The normalized spacial score (nSPS) is 13.1. The summed E-state index contributed by atoms with van der Waals surface area (Å²) in [7, 11) is 0. The predicted octanol–water partition coefficient (Wildman–Crippen LogP) is 2.25. The van der Waals surface area contributed by atoms with E-state index < -0.39 is 0 Å². The Morgan fingerprint density at radius 1 is 1.54 bits per heavy atom. The molecule has 0 amide bonds. The minimum atomic E-state index is 0.388. The van der Waals surface area contributed by atoms with Gasteiger partial charge in [-0.15, -0.1) is 0 Å². The van der Waals surface area contributed by atoms with Crippen LogP contribution in [0.1, 0.15) is 44.8 Å². The minimum Gasteiger partial charge on any atom is -0.309 e. The lowest BCUT2D eigenvalue weighted by molar-refractivity contribution is 0.534. The number of unbranched alkanes of at least 4 members (excludes halogenated alkanes) is 2. The van der Waals surface area contributed by atoms with Crippen molar-refractivity contribution in [3.05, 3.63) is 18.0 Å². The van der Waals surface area contributed by atoms with Gasteiger partial charge in [0.2, 0.25) is 0 Å². The molecule has 13 heavy (non-hydrogen) atoms. The highest BCUT2D eigenvalue weighted by Gasteiger charge is 2.03. The number of nitrogens with one attached hydrogen (secondary N) is 2. The first kappa shape index (κ1) is 10.3. The summed E-state index contributed by atoms with van der Waals surface area (Å²) in [5.74, 6) is 0. The standard InChI is InChI=1S/C10H19N3/c1-3-4-5-7-11-9(2)10-6-8-12-13-10/h6,8-9,11H,3-5,7H2,1-2H3,(H,12,13). The average Bonchev–Trinajstić information content (AvgIpc) is 2.65. The fourth-order valence-electron chi connectivity index (χ4n) is 1.31. The van der Waals surface area contributed by atoms with Gasteiger partial charge in [0.05, 0.1) is 5.69 Å². The molecule has 0 saturated carbocycles. The van der Waals surface area contributed by atoms with E-state index in [0.717, 1.165) is 12.2 Å². The molecule has 3 nitrogen and oxygen atoms in total. The molecule has 0 radical (unpaired) electrons. The zero-order valence-corrected chi connectivity index (χ0v) is 8.51. The number of aromatic amines is 1. The van der Waals surface area contributed by atoms with Crippen molar-refractivity contribution >= 4 is 0 Å². The molecule has 0 aliphatic heterocycles. The average molecular weight is 181 g/mol. The molecule has 1 atom stereocenters. The van der Waals surface area contributed by atoms with Crippen molar-refractivity contribution in [3.8, 4) is 0 Å². The topological polar surface area (TPSA) is 40.7 Å². The smallest absolute Gasteiger partial charge is 0.0518 e. The third kappa shape index (κ3) is 3.59. The Bertz CT molecular complexity index is 206. The number of H-pyrrole nitrogens is 1. The highest BCUT2D eigenvalue weighted by atomic mass is 15.1. The Balaban J connectivity index is 2.15. The number of rotatable bonds is 6. The fourth-order valence-corrected chi connectivity index (χ4v) is 1.31. The van der Waals surface area contributed by atoms with Crippen LogP contribution < -0.4 is 5.32 Å². The molecule has 3 heteroatoms. The maximum absolute atomic E-state index is 3.92. The highest BCUT2D eigenvalue weighted by Crippen LogP contribution is 2.07. The van der Waals surface area contributed by atoms with E-state index in [2.05, 4.69) is 29.4 Å². The van der Waals surface area contributed by atoms with Crippen LogP contribution in [0.25, 0.3) is 0 Å². The van der Waals surface area contributed by atoms with Crippen LogP contribution in [-0.4, -0.2) is 16.7 Å². The van der Waals surface area contributed by atoms with Gasteiger partial charge in [-0.1, -0.05) is 19.8 Å². The van der Waals surface area contributed by atoms with Gasteiger partial charge < -0.3 is 5.32 Å². The van der Waals surface area contributed by atoms with Crippen LogP contribution in [0.15, 0.2) is 12.3 Å². The van der Waals surface area contributed by atoms with E-state index in [-0.39, 0.29) is 0 Å². The van der Waals surface area contributed by atoms with Crippen molar-refractivity contribution in [1.29, 1.82) is 0 Å². The lowest BCUT2D eigenvalue weighted by atomic mass is 10.2. The first-order valence-corrected chi connectivity index (χ1v) is 5.07. The quantitative estimate of drug-likeness (QED) is 0.661. The van der Waals surface area contributed by atoms with Crippen LogP contribution in [0.2, 0.25) is 0 Å². The van der Waals surface area contributed by atoms with Gasteiger partial charge in [-0.3, -0.25) is 5.10 Å². The Morgan fingerprint density at radius 2 is 2.38 bits per heavy atom. The summed E-state index contributed by atoms with van der Waals surface area (Å²) < 4.78 is 0. The van der Waals surface area contributed by atoms with Gasteiger partial charge in [0, 0.05) is 12.2 Å². The second kappa shape index (κ2) is 5.75. The van der Waals surface area contributed by atoms with Gasteiger partial charge in [0.1, 0.15) is 0 Å². The molecule has 1 unspecified atom stereocenters. The summed E-state index contributed by atoms with van der Waals surface area (Å²) in [6.07, 6.45) is 5.64. The van der Waals surface area contributed by atoms with E-state index in [0.29, 0.717) is 6.04 Å². The lowest BCUT2D eigenvalue weighted by Crippen LogP contribution is -2.20. The first-order chi connectivity index (χ1) is 6.34. The van der Waals surface area contributed by atoms with Crippen molar-refractivity contribution in [3.63, 3.8) is 0 Å². The van der Waals surface area contributed by atoms with Crippen molar-refractivity contribution in [1.82, 2.24) is 15.5 Å². The van der Waals surface area contributed by atoms with Crippen LogP contribution in [-0.2, 0) is 0 Å². The molecule has 1 rings (SSSR count). The largest absolute Gasteiger partial charge is 0.309 e. The zero-order chi connectivity index (χ0) is 9.52. The molecule has 0 aliphatic carbocycles. The van der Waals surface area contributed by atoms with Gasteiger partial charge in [0.25, 0.3) is 0 Å². The summed E-state index contributed by atoms with van der Waals surface area (Å²) in [4.78, 5) is 0. The molecule has 1 heterocycles. The molecule has 0 fully saturated rings. The second-order valence-corrected chi connectivity index (χ2v) is 3.39. The van der Waals surface area contributed by atoms with Gasteiger partial charge in [-0.25, -0.2) is 0 Å². The molecule has 1 aromatic heterocycles. The Hall–Kier alpha value is -0.830. The van der Waals surface area contributed by atoms with Crippen molar-refractivity contribution < 1.29 is 0 Å². The summed E-state index contributed by atoms with van der Waals surface area (Å²) in [6.45, 7) is 5.46. The van der Waals surface area contributed by atoms with Crippen LogP contribution in [0.4, 0.5) is 0 Å². The van der Waals surface area contributed by atoms with E-state index in [1.807, 2.05) is 6.07 Å². The lowest BCUT2D eigenvalue weighted by Gasteiger charge is -2.10. The number of hydrogen-bond donors (Lipinski definition) is 2. The predicted molar refractivity (Wildman–Crippen MR) is 54.5 cm³/mol. The Kier molecular flexibility index (Phi) is 4.54. The second-order valence-electron chi connectivity index (χ2n) is 3.39. The summed E-state index contributed by atoms with van der Waals surface area (Å²) >= 11 is 0. The minimum absolute atomic E-state index is 0.388. The molecule has 0 aliphatic rings. The molecule has 0 spiro atoms. The van der Waals surface area contributed by atoms with E-state index in [1.54, 1.807) is 6.20 Å². The summed E-state index contributed by atoms with van der Waals surface area (Å²) in [5.41, 5.74) is 1.16. The summed E-state index contributed by atoms with van der Waals surface area (Å²) in [6, 6.07) is 2.40. The highest BCUT2D eigenvalue weighted by molar-refractivity contribution is 5.02. The molecule has 0 bridgehead atoms. The molecular weight excluding hydrogens is 162 g/mol. The Labute approximate surface area is 79.9 Å². The van der Waals surface area contributed by atoms with Gasteiger partial charge in [0.15, 0.2) is 0 Å². The van der Waals surface area contributed by atoms with Crippen molar-refractivity contribution in [2.24, 2.45) is 0 Å². The van der Waals surface area contributed by atoms with E-state index in [1.165, 1.54) is 19.3 Å². The summed E-state index contributed by atoms with van der Waals surface area (Å²) in [5, 5.41) is 10.3. The van der Waals surface area contributed by atoms with Crippen LogP contribution >= 0.6 is 0 Å². The van der Waals surface area contributed by atoms with E-state index in [4.69, 9.17) is 0 Å². The van der Waals surface area contributed by atoms with Crippen molar-refractivity contribution in [2.45, 2.75) is 39.2 Å². The molecule has 2 N–H and O–H groups in total. The van der Waals surface area contributed by atoms with Crippen molar-refractivity contribution in [2.75, 3.05) is 6.54 Å². The van der Waals surface area contributed by atoms with Crippen LogP contribution in [0.3, 0.4) is 0 Å². The van der Waals surface area contributed by atoms with E-state index in [9.17, 15) is 0 Å².